The Labute approximate surface area is 158 Å². The SMILES string of the molecule is O=C(Nc1cccc(Cl)c1)Nc1ccccc1C(=O)NC1CCCCC1. The fourth-order valence-corrected chi connectivity index (χ4v) is 3.34. The first-order valence-electron chi connectivity index (χ1n) is 8.85. The average Bonchev–Trinajstić information content (AvgIpc) is 2.63. The van der Waals surface area contributed by atoms with Gasteiger partial charge in [0.15, 0.2) is 0 Å². The molecule has 136 valence electrons. The number of amides is 3. The number of benzene rings is 2. The normalized spacial score (nSPS) is 14.5. The van der Waals surface area contributed by atoms with Gasteiger partial charge >= 0.3 is 6.03 Å². The molecule has 3 rings (SSSR count). The quantitative estimate of drug-likeness (QED) is 0.704. The molecular weight excluding hydrogens is 350 g/mol. The Morgan fingerprint density at radius 3 is 2.46 bits per heavy atom. The summed E-state index contributed by atoms with van der Waals surface area (Å²) in [6.07, 6.45) is 5.54. The maximum absolute atomic E-state index is 12.6. The minimum absolute atomic E-state index is 0.157. The third-order valence-corrected chi connectivity index (χ3v) is 4.68. The number of nitrogens with one attached hydrogen (secondary N) is 3. The highest BCUT2D eigenvalue weighted by Crippen LogP contribution is 2.20. The molecule has 0 spiro atoms. The van der Waals surface area contributed by atoms with Crippen LogP contribution in [0.25, 0.3) is 0 Å². The fourth-order valence-electron chi connectivity index (χ4n) is 3.15. The van der Waals surface area contributed by atoms with Crippen LogP contribution in [0.2, 0.25) is 5.02 Å². The molecule has 1 aliphatic carbocycles. The predicted molar refractivity (Wildman–Crippen MR) is 105 cm³/mol. The van der Waals surface area contributed by atoms with E-state index >= 15 is 0 Å². The summed E-state index contributed by atoms with van der Waals surface area (Å²) in [5.41, 5.74) is 1.51. The zero-order chi connectivity index (χ0) is 18.4. The molecule has 0 saturated heterocycles. The molecule has 0 heterocycles. The van der Waals surface area contributed by atoms with Gasteiger partial charge in [-0.25, -0.2) is 4.79 Å². The van der Waals surface area contributed by atoms with Crippen LogP contribution in [0.4, 0.5) is 16.2 Å². The van der Waals surface area contributed by atoms with E-state index in [9.17, 15) is 9.59 Å². The van der Waals surface area contributed by atoms with Crippen molar-refractivity contribution in [2.75, 3.05) is 10.6 Å². The lowest BCUT2D eigenvalue weighted by molar-refractivity contribution is 0.0928. The van der Waals surface area contributed by atoms with Gasteiger partial charge in [-0.2, -0.15) is 0 Å². The van der Waals surface area contributed by atoms with Gasteiger partial charge in [0.25, 0.3) is 5.91 Å². The molecule has 2 aromatic rings. The Morgan fingerprint density at radius 2 is 1.69 bits per heavy atom. The molecule has 26 heavy (non-hydrogen) atoms. The van der Waals surface area contributed by atoms with E-state index in [0.29, 0.717) is 22.0 Å². The maximum Gasteiger partial charge on any atom is 0.323 e. The van der Waals surface area contributed by atoms with E-state index in [1.807, 2.05) is 0 Å². The van der Waals surface area contributed by atoms with Crippen molar-refractivity contribution in [3.63, 3.8) is 0 Å². The van der Waals surface area contributed by atoms with Crippen molar-refractivity contribution in [2.45, 2.75) is 38.1 Å². The molecule has 0 bridgehead atoms. The topological polar surface area (TPSA) is 70.2 Å². The number of rotatable bonds is 4. The summed E-state index contributed by atoms with van der Waals surface area (Å²) in [7, 11) is 0. The second-order valence-electron chi connectivity index (χ2n) is 6.44. The van der Waals surface area contributed by atoms with Crippen molar-refractivity contribution < 1.29 is 9.59 Å². The molecule has 0 unspecified atom stereocenters. The smallest absolute Gasteiger partial charge is 0.323 e. The Hall–Kier alpha value is -2.53. The summed E-state index contributed by atoms with van der Waals surface area (Å²) >= 11 is 5.92. The molecule has 2 aromatic carbocycles. The largest absolute Gasteiger partial charge is 0.349 e. The lowest BCUT2D eigenvalue weighted by atomic mass is 9.95. The van der Waals surface area contributed by atoms with Crippen LogP contribution in [-0.2, 0) is 0 Å². The molecule has 3 N–H and O–H groups in total. The molecule has 1 fully saturated rings. The van der Waals surface area contributed by atoms with Gasteiger partial charge in [0.05, 0.1) is 11.3 Å². The summed E-state index contributed by atoms with van der Waals surface area (Å²) in [4.78, 5) is 24.9. The van der Waals surface area contributed by atoms with Gasteiger partial charge in [-0.15, -0.1) is 0 Å². The highest BCUT2D eigenvalue weighted by molar-refractivity contribution is 6.30. The molecule has 0 aromatic heterocycles. The number of carbonyl (C=O) groups is 2. The molecule has 0 radical (unpaired) electrons. The lowest BCUT2D eigenvalue weighted by Gasteiger charge is -2.23. The van der Waals surface area contributed by atoms with E-state index in [4.69, 9.17) is 11.6 Å². The summed E-state index contributed by atoms with van der Waals surface area (Å²) in [5, 5.41) is 9.07. The van der Waals surface area contributed by atoms with Crippen LogP contribution in [-0.4, -0.2) is 18.0 Å². The van der Waals surface area contributed by atoms with Crippen LogP contribution in [0.1, 0.15) is 42.5 Å². The van der Waals surface area contributed by atoms with Crippen LogP contribution < -0.4 is 16.0 Å². The van der Waals surface area contributed by atoms with Crippen molar-refractivity contribution in [1.29, 1.82) is 0 Å². The fraction of sp³-hybridized carbons (Fsp3) is 0.300. The third-order valence-electron chi connectivity index (χ3n) is 4.44. The minimum Gasteiger partial charge on any atom is -0.349 e. The van der Waals surface area contributed by atoms with E-state index in [-0.39, 0.29) is 11.9 Å². The summed E-state index contributed by atoms with van der Waals surface area (Å²) < 4.78 is 0. The van der Waals surface area contributed by atoms with Crippen molar-refractivity contribution in [2.24, 2.45) is 0 Å². The zero-order valence-electron chi connectivity index (χ0n) is 14.4. The first-order valence-corrected chi connectivity index (χ1v) is 9.23. The monoisotopic (exact) mass is 371 g/mol. The van der Waals surface area contributed by atoms with Gasteiger partial charge in [0.2, 0.25) is 0 Å². The second kappa shape index (κ2) is 8.72. The second-order valence-corrected chi connectivity index (χ2v) is 6.88. The number of carbonyl (C=O) groups excluding carboxylic acids is 2. The number of para-hydroxylation sites is 1. The van der Waals surface area contributed by atoms with E-state index in [0.717, 1.165) is 25.7 Å². The van der Waals surface area contributed by atoms with Crippen molar-refractivity contribution in [3.05, 3.63) is 59.1 Å². The van der Waals surface area contributed by atoms with Gasteiger partial charge in [-0.05, 0) is 43.2 Å². The molecule has 0 atom stereocenters. The van der Waals surface area contributed by atoms with Crippen LogP contribution in [0.15, 0.2) is 48.5 Å². The first kappa shape index (κ1) is 18.3. The highest BCUT2D eigenvalue weighted by Gasteiger charge is 2.19. The molecule has 1 aliphatic rings. The number of hydrogen-bond acceptors (Lipinski definition) is 2. The van der Waals surface area contributed by atoms with Crippen LogP contribution >= 0.6 is 11.6 Å². The highest BCUT2D eigenvalue weighted by atomic mass is 35.5. The molecular formula is C20H22ClN3O2. The van der Waals surface area contributed by atoms with Gasteiger partial charge in [-0.1, -0.05) is 49.1 Å². The van der Waals surface area contributed by atoms with E-state index in [2.05, 4.69) is 16.0 Å². The molecule has 5 nitrogen and oxygen atoms in total. The minimum atomic E-state index is -0.426. The van der Waals surface area contributed by atoms with Gasteiger partial charge in [-0.3, -0.25) is 4.79 Å². The molecule has 0 aliphatic heterocycles. The van der Waals surface area contributed by atoms with Crippen LogP contribution in [0.5, 0.6) is 0 Å². The Balaban J connectivity index is 1.66. The molecule has 3 amide bonds. The van der Waals surface area contributed by atoms with E-state index in [1.54, 1.807) is 48.5 Å². The Morgan fingerprint density at radius 1 is 0.923 bits per heavy atom. The maximum atomic E-state index is 12.6. The van der Waals surface area contributed by atoms with Gasteiger partial charge in [0.1, 0.15) is 0 Å². The van der Waals surface area contributed by atoms with E-state index < -0.39 is 6.03 Å². The molecule has 1 saturated carbocycles. The van der Waals surface area contributed by atoms with Crippen molar-refractivity contribution in [1.82, 2.24) is 5.32 Å². The predicted octanol–water partition coefficient (Wildman–Crippen LogP) is 5.05. The van der Waals surface area contributed by atoms with E-state index in [1.165, 1.54) is 6.42 Å². The number of anilines is 2. The van der Waals surface area contributed by atoms with Crippen LogP contribution in [0.3, 0.4) is 0 Å². The van der Waals surface area contributed by atoms with Crippen molar-refractivity contribution in [3.8, 4) is 0 Å². The average molecular weight is 372 g/mol. The van der Waals surface area contributed by atoms with Gasteiger partial charge < -0.3 is 16.0 Å². The Kier molecular flexibility index (Phi) is 6.12. The number of hydrogen-bond donors (Lipinski definition) is 3. The summed E-state index contributed by atoms with van der Waals surface area (Å²) in [6.45, 7) is 0. The van der Waals surface area contributed by atoms with Crippen LogP contribution in [0, 0.1) is 0 Å². The summed E-state index contributed by atoms with van der Waals surface area (Å²) in [6, 6.07) is 13.7. The van der Waals surface area contributed by atoms with Crippen molar-refractivity contribution >= 4 is 34.9 Å². The molecule has 6 heteroatoms. The lowest BCUT2D eigenvalue weighted by Crippen LogP contribution is -2.36. The number of urea groups is 1. The number of halogens is 1. The first-order chi connectivity index (χ1) is 12.6. The summed E-state index contributed by atoms with van der Waals surface area (Å²) in [5.74, 6) is -0.157. The zero-order valence-corrected chi connectivity index (χ0v) is 15.2. The standard InChI is InChI=1S/C20H22ClN3O2/c21-14-7-6-10-16(13-14)23-20(26)24-18-12-5-4-11-17(18)19(25)22-15-8-2-1-3-9-15/h4-7,10-13,15H,1-3,8-9H2,(H,22,25)(H2,23,24,26). The van der Waals surface area contributed by atoms with Gasteiger partial charge in [0, 0.05) is 16.8 Å². The third kappa shape index (κ3) is 4.99. The Bertz CT molecular complexity index is 788.